The number of nitrogens with one attached hydrogen (secondary N) is 1. The van der Waals surface area contributed by atoms with Crippen molar-refractivity contribution in [2.75, 3.05) is 6.54 Å². The lowest BCUT2D eigenvalue weighted by molar-refractivity contribution is 0.429. The van der Waals surface area contributed by atoms with Gasteiger partial charge in [-0.05, 0) is 38.1 Å². The lowest BCUT2D eigenvalue weighted by Gasteiger charge is -2.26. The summed E-state index contributed by atoms with van der Waals surface area (Å²) in [4.78, 5) is 0. The first-order chi connectivity index (χ1) is 4.95. The molecule has 0 aromatic carbocycles. The van der Waals surface area contributed by atoms with Gasteiger partial charge in [0.2, 0.25) is 0 Å². The summed E-state index contributed by atoms with van der Waals surface area (Å²) in [7, 11) is 0. The maximum absolute atomic E-state index is 3.53. The largest absolute Gasteiger partial charge is 0.314 e. The molecule has 1 nitrogen and oxygen atoms in total. The quantitative estimate of drug-likeness (QED) is 0.624. The molecule has 0 aliphatic heterocycles. The topological polar surface area (TPSA) is 12.0 Å². The van der Waals surface area contributed by atoms with E-state index in [4.69, 9.17) is 0 Å². The molecule has 0 heterocycles. The average Bonchev–Trinajstić information content (AvgIpc) is 2.58. The maximum Gasteiger partial charge on any atom is 0.00986 e. The molecule has 57 valence electrons. The predicted molar refractivity (Wildman–Crippen MR) is 42.7 cm³/mol. The van der Waals surface area contributed by atoms with Crippen molar-refractivity contribution >= 4 is 0 Å². The van der Waals surface area contributed by atoms with Gasteiger partial charge >= 0.3 is 0 Å². The van der Waals surface area contributed by atoms with Gasteiger partial charge < -0.3 is 5.32 Å². The van der Waals surface area contributed by atoms with E-state index in [9.17, 15) is 0 Å². The molecule has 1 radical (unpaired) electrons. The first kappa shape index (κ1) is 6.66. The molecule has 0 amide bonds. The fraction of sp³-hybridized carbons (Fsp3) is 0.889. The van der Waals surface area contributed by atoms with Crippen LogP contribution in [0.25, 0.3) is 0 Å². The summed E-state index contributed by atoms with van der Waals surface area (Å²) >= 11 is 0. The third kappa shape index (κ3) is 1.72. The fourth-order valence-corrected chi connectivity index (χ4v) is 1.40. The van der Waals surface area contributed by atoms with E-state index in [1.54, 1.807) is 0 Å². The summed E-state index contributed by atoms with van der Waals surface area (Å²) in [5.41, 5.74) is 0. The molecule has 2 aliphatic carbocycles. The maximum atomic E-state index is 3.53. The molecule has 1 unspecified atom stereocenters. The summed E-state index contributed by atoms with van der Waals surface area (Å²) in [6.45, 7) is 1.26. The molecule has 0 aromatic heterocycles. The van der Waals surface area contributed by atoms with Gasteiger partial charge in [-0.2, -0.15) is 0 Å². The Hall–Kier alpha value is -0.0400. The van der Waals surface area contributed by atoms with Gasteiger partial charge in [-0.1, -0.05) is 12.8 Å². The van der Waals surface area contributed by atoms with Crippen LogP contribution >= 0.6 is 0 Å². The molecule has 2 saturated carbocycles. The van der Waals surface area contributed by atoms with Gasteiger partial charge in [-0.15, -0.1) is 0 Å². The van der Waals surface area contributed by atoms with E-state index in [1.807, 2.05) is 0 Å². The van der Waals surface area contributed by atoms with Crippen molar-refractivity contribution < 1.29 is 0 Å². The van der Waals surface area contributed by atoms with E-state index >= 15 is 0 Å². The van der Waals surface area contributed by atoms with Crippen molar-refractivity contribution in [1.82, 2.24) is 5.32 Å². The van der Waals surface area contributed by atoms with E-state index in [2.05, 4.69) is 11.7 Å². The average molecular weight is 138 g/mol. The van der Waals surface area contributed by atoms with Crippen LogP contribution in [-0.4, -0.2) is 12.6 Å². The molecule has 0 bridgehead atoms. The van der Waals surface area contributed by atoms with Gasteiger partial charge in [0.25, 0.3) is 0 Å². The van der Waals surface area contributed by atoms with Gasteiger partial charge in [-0.3, -0.25) is 0 Å². The van der Waals surface area contributed by atoms with Crippen LogP contribution in [-0.2, 0) is 0 Å². The summed E-state index contributed by atoms with van der Waals surface area (Å²) in [6.07, 6.45) is 9.51. The molecule has 2 fully saturated rings. The Morgan fingerprint density at radius 3 is 2.60 bits per heavy atom. The first-order valence-corrected chi connectivity index (χ1v) is 4.52. The Morgan fingerprint density at radius 2 is 2.10 bits per heavy atom. The second-order valence-electron chi connectivity index (χ2n) is 3.61. The molecule has 10 heavy (non-hydrogen) atoms. The van der Waals surface area contributed by atoms with Crippen molar-refractivity contribution in [3.05, 3.63) is 6.42 Å². The highest BCUT2D eigenvalue weighted by Gasteiger charge is 2.22. The van der Waals surface area contributed by atoms with E-state index in [1.165, 1.54) is 38.6 Å². The lowest BCUT2D eigenvalue weighted by Crippen LogP contribution is -2.36. The molecular formula is C9H16N. The van der Waals surface area contributed by atoms with Crippen molar-refractivity contribution in [2.24, 2.45) is 5.92 Å². The standard InChI is InChI=1S/C9H16N/c1-2-9(3-1)10-7-6-8-4-5-8/h2,8-10H,1,3-7H2. The third-order valence-electron chi connectivity index (χ3n) is 2.58. The SMILES string of the molecule is [CH]1CCC1NCCC1CC1. The monoisotopic (exact) mass is 138 g/mol. The second-order valence-corrected chi connectivity index (χ2v) is 3.61. The van der Waals surface area contributed by atoms with E-state index in [0.717, 1.165) is 12.0 Å². The molecule has 0 spiro atoms. The van der Waals surface area contributed by atoms with Crippen LogP contribution in [0.4, 0.5) is 0 Å². The zero-order valence-corrected chi connectivity index (χ0v) is 6.47. The zero-order chi connectivity index (χ0) is 6.81. The number of rotatable bonds is 4. The minimum absolute atomic E-state index is 0.777. The van der Waals surface area contributed by atoms with Crippen molar-refractivity contribution in [2.45, 2.75) is 38.1 Å². The van der Waals surface area contributed by atoms with E-state index < -0.39 is 0 Å². The highest BCUT2D eigenvalue weighted by atomic mass is 14.9. The Morgan fingerprint density at radius 1 is 1.30 bits per heavy atom. The minimum atomic E-state index is 0.777. The Balaban J connectivity index is 1.46. The Labute approximate surface area is 63.2 Å². The molecule has 1 N–H and O–H groups in total. The lowest BCUT2D eigenvalue weighted by atomic mass is 9.93. The molecule has 2 rings (SSSR count). The van der Waals surface area contributed by atoms with Crippen LogP contribution < -0.4 is 5.32 Å². The normalized spacial score (nSPS) is 26.4. The van der Waals surface area contributed by atoms with Crippen LogP contribution in [0.15, 0.2) is 0 Å². The molecule has 1 heteroatoms. The first-order valence-electron chi connectivity index (χ1n) is 4.52. The minimum Gasteiger partial charge on any atom is -0.314 e. The smallest absolute Gasteiger partial charge is 0.00986 e. The van der Waals surface area contributed by atoms with Gasteiger partial charge in [-0.25, -0.2) is 0 Å². The molecule has 0 saturated heterocycles. The van der Waals surface area contributed by atoms with Gasteiger partial charge in [0.05, 0.1) is 0 Å². The van der Waals surface area contributed by atoms with Crippen LogP contribution in [0, 0.1) is 12.3 Å². The fourth-order valence-electron chi connectivity index (χ4n) is 1.40. The molecule has 0 aromatic rings. The molecule has 1 atom stereocenters. The predicted octanol–water partition coefficient (Wildman–Crippen LogP) is 1.74. The van der Waals surface area contributed by atoms with Crippen molar-refractivity contribution in [3.63, 3.8) is 0 Å². The van der Waals surface area contributed by atoms with E-state index in [0.29, 0.717) is 0 Å². The molecular weight excluding hydrogens is 122 g/mol. The van der Waals surface area contributed by atoms with Crippen molar-refractivity contribution in [3.8, 4) is 0 Å². The summed E-state index contributed by atoms with van der Waals surface area (Å²) < 4.78 is 0. The summed E-state index contributed by atoms with van der Waals surface area (Å²) in [6, 6.07) is 0.777. The van der Waals surface area contributed by atoms with Crippen molar-refractivity contribution in [1.29, 1.82) is 0 Å². The summed E-state index contributed by atoms with van der Waals surface area (Å²) in [5.74, 6) is 1.09. The Kier molecular flexibility index (Phi) is 1.94. The van der Waals surface area contributed by atoms with Crippen LogP contribution in [0.2, 0.25) is 0 Å². The second kappa shape index (κ2) is 2.91. The van der Waals surface area contributed by atoms with Crippen LogP contribution in [0.1, 0.15) is 32.1 Å². The highest BCUT2D eigenvalue weighted by Crippen LogP contribution is 2.31. The number of hydrogen-bond acceptors (Lipinski definition) is 1. The molecule has 2 aliphatic rings. The van der Waals surface area contributed by atoms with Gasteiger partial charge in [0.1, 0.15) is 0 Å². The van der Waals surface area contributed by atoms with Gasteiger partial charge in [0.15, 0.2) is 0 Å². The van der Waals surface area contributed by atoms with Crippen LogP contribution in [0.3, 0.4) is 0 Å². The summed E-state index contributed by atoms with van der Waals surface area (Å²) in [5, 5.41) is 3.53. The highest BCUT2D eigenvalue weighted by molar-refractivity contribution is 4.93. The van der Waals surface area contributed by atoms with Crippen LogP contribution in [0.5, 0.6) is 0 Å². The zero-order valence-electron chi connectivity index (χ0n) is 6.47. The number of hydrogen-bond donors (Lipinski definition) is 1. The van der Waals surface area contributed by atoms with E-state index in [-0.39, 0.29) is 0 Å². The van der Waals surface area contributed by atoms with Gasteiger partial charge in [0, 0.05) is 6.04 Å². The Bertz CT molecular complexity index is 103. The third-order valence-corrected chi connectivity index (χ3v) is 2.58.